The number of benzene rings is 1. The quantitative estimate of drug-likeness (QED) is 0.750. The Balaban J connectivity index is 1.76. The van der Waals surface area contributed by atoms with Crippen LogP contribution in [0.1, 0.15) is 36.8 Å². The van der Waals surface area contributed by atoms with Crippen molar-refractivity contribution in [3.05, 3.63) is 58.0 Å². The molecule has 1 aliphatic rings. The molecule has 4 nitrogen and oxygen atoms in total. The highest BCUT2D eigenvalue weighted by molar-refractivity contribution is 8.00. The van der Waals surface area contributed by atoms with Crippen molar-refractivity contribution < 1.29 is 14.0 Å². The molecule has 27 heavy (non-hydrogen) atoms. The second-order valence-electron chi connectivity index (χ2n) is 7.01. The highest BCUT2D eigenvalue weighted by Gasteiger charge is 2.41. The third-order valence-corrected chi connectivity index (χ3v) is 6.38. The van der Waals surface area contributed by atoms with Gasteiger partial charge in [0.05, 0.1) is 5.75 Å². The average molecular weight is 407 g/mol. The topological polar surface area (TPSA) is 49.4 Å². The molecule has 0 radical (unpaired) electrons. The number of carbonyl (C=O) groups is 2. The van der Waals surface area contributed by atoms with Crippen molar-refractivity contribution >= 4 is 34.9 Å². The minimum Gasteiger partial charge on any atom is -0.350 e. The van der Waals surface area contributed by atoms with E-state index in [1.54, 1.807) is 40.1 Å². The molecule has 1 fully saturated rings. The highest BCUT2D eigenvalue weighted by Crippen LogP contribution is 2.41. The molecule has 0 saturated carbocycles. The van der Waals surface area contributed by atoms with Crippen molar-refractivity contribution in [2.45, 2.75) is 38.2 Å². The van der Waals surface area contributed by atoms with Crippen LogP contribution >= 0.6 is 23.1 Å². The first-order valence-electron chi connectivity index (χ1n) is 8.92. The zero-order chi connectivity index (χ0) is 19.4. The van der Waals surface area contributed by atoms with E-state index >= 15 is 0 Å². The number of halogens is 1. The van der Waals surface area contributed by atoms with Crippen LogP contribution in [0.2, 0.25) is 0 Å². The molecule has 3 rings (SSSR count). The Morgan fingerprint density at radius 2 is 2.04 bits per heavy atom. The molecule has 0 bridgehead atoms. The van der Waals surface area contributed by atoms with Crippen molar-refractivity contribution in [1.82, 2.24) is 10.2 Å². The molecule has 144 valence electrons. The molecule has 1 aromatic carbocycles. The van der Waals surface area contributed by atoms with Gasteiger partial charge in [0.1, 0.15) is 17.2 Å². The highest BCUT2D eigenvalue weighted by atomic mass is 32.2. The number of amides is 2. The van der Waals surface area contributed by atoms with Crippen LogP contribution in [0.4, 0.5) is 4.39 Å². The molecule has 2 heterocycles. The standard InChI is InChI=1S/C20H23FN2O2S2/c1-13(2)9-17(19(25)22-10-14-3-5-16(21)6-4-14)23-18(24)12-27-20(23)15-7-8-26-11-15/h3-8,11,13,17,20H,9-10,12H2,1-2H3,(H,22,25)/t17-,20+/m1/s1. The number of hydrogen-bond acceptors (Lipinski definition) is 4. The molecular formula is C20H23FN2O2S2. The molecule has 1 N–H and O–H groups in total. The van der Waals surface area contributed by atoms with E-state index in [-0.39, 0.29) is 28.9 Å². The molecule has 1 saturated heterocycles. The maximum atomic E-state index is 13.0. The molecule has 2 atom stereocenters. The first kappa shape index (κ1) is 19.9. The molecule has 0 unspecified atom stereocenters. The molecule has 0 aliphatic carbocycles. The number of thiophene rings is 1. The van der Waals surface area contributed by atoms with Crippen LogP contribution in [0, 0.1) is 11.7 Å². The number of rotatable bonds is 7. The van der Waals surface area contributed by atoms with Gasteiger partial charge >= 0.3 is 0 Å². The van der Waals surface area contributed by atoms with Crippen LogP contribution < -0.4 is 5.32 Å². The summed E-state index contributed by atoms with van der Waals surface area (Å²) >= 11 is 3.16. The number of thioether (sulfide) groups is 1. The van der Waals surface area contributed by atoms with Gasteiger partial charge in [-0.1, -0.05) is 26.0 Å². The van der Waals surface area contributed by atoms with Crippen LogP contribution in [-0.2, 0) is 16.1 Å². The van der Waals surface area contributed by atoms with Gasteiger partial charge in [0.15, 0.2) is 0 Å². The maximum absolute atomic E-state index is 13.0. The van der Waals surface area contributed by atoms with Gasteiger partial charge in [0, 0.05) is 6.54 Å². The van der Waals surface area contributed by atoms with E-state index < -0.39 is 6.04 Å². The molecular weight excluding hydrogens is 383 g/mol. The van der Waals surface area contributed by atoms with Crippen molar-refractivity contribution in [3.63, 3.8) is 0 Å². The van der Waals surface area contributed by atoms with Gasteiger partial charge in [-0.3, -0.25) is 9.59 Å². The summed E-state index contributed by atoms with van der Waals surface area (Å²) in [5.41, 5.74) is 1.89. The van der Waals surface area contributed by atoms with E-state index in [9.17, 15) is 14.0 Å². The molecule has 1 aromatic heterocycles. The lowest BCUT2D eigenvalue weighted by atomic mass is 10.0. The van der Waals surface area contributed by atoms with E-state index in [4.69, 9.17) is 0 Å². The first-order chi connectivity index (χ1) is 13.0. The summed E-state index contributed by atoms with van der Waals surface area (Å²) < 4.78 is 13.0. The van der Waals surface area contributed by atoms with Crippen molar-refractivity contribution in [2.75, 3.05) is 5.75 Å². The molecule has 7 heteroatoms. The summed E-state index contributed by atoms with van der Waals surface area (Å²) in [7, 11) is 0. The third kappa shape index (κ3) is 4.90. The summed E-state index contributed by atoms with van der Waals surface area (Å²) in [5, 5.41) is 6.83. The minimum atomic E-state index is -0.516. The lowest BCUT2D eigenvalue weighted by Gasteiger charge is -2.32. The van der Waals surface area contributed by atoms with E-state index in [0.717, 1.165) is 11.1 Å². The van der Waals surface area contributed by atoms with Crippen LogP contribution in [0.3, 0.4) is 0 Å². The Kier molecular flexibility index (Phi) is 6.55. The average Bonchev–Trinajstić information content (AvgIpc) is 3.28. The van der Waals surface area contributed by atoms with Gasteiger partial charge in [-0.05, 0) is 52.4 Å². The van der Waals surface area contributed by atoms with Gasteiger partial charge in [-0.2, -0.15) is 11.3 Å². The lowest BCUT2D eigenvalue weighted by molar-refractivity contribution is -0.139. The molecule has 2 amide bonds. The van der Waals surface area contributed by atoms with Crippen LogP contribution in [0.5, 0.6) is 0 Å². The Morgan fingerprint density at radius 3 is 2.67 bits per heavy atom. The SMILES string of the molecule is CC(C)C[C@H](C(=O)NCc1ccc(F)cc1)N1C(=O)CS[C@H]1c1ccsc1. The van der Waals surface area contributed by atoms with Crippen molar-refractivity contribution in [1.29, 1.82) is 0 Å². The molecule has 0 spiro atoms. The lowest BCUT2D eigenvalue weighted by Crippen LogP contribution is -2.49. The Bertz CT molecular complexity index is 778. The number of nitrogens with one attached hydrogen (secondary N) is 1. The smallest absolute Gasteiger partial charge is 0.243 e. The monoisotopic (exact) mass is 406 g/mol. The number of hydrogen-bond donors (Lipinski definition) is 1. The molecule has 1 aliphatic heterocycles. The van der Waals surface area contributed by atoms with E-state index in [1.165, 1.54) is 12.1 Å². The van der Waals surface area contributed by atoms with Crippen molar-refractivity contribution in [3.8, 4) is 0 Å². The number of carbonyl (C=O) groups excluding carboxylic acids is 2. The van der Waals surface area contributed by atoms with Gasteiger partial charge < -0.3 is 10.2 Å². The first-order valence-corrected chi connectivity index (χ1v) is 10.9. The van der Waals surface area contributed by atoms with Gasteiger partial charge in [-0.25, -0.2) is 4.39 Å². The van der Waals surface area contributed by atoms with Gasteiger partial charge in [0.2, 0.25) is 11.8 Å². The third-order valence-electron chi connectivity index (χ3n) is 4.45. The largest absolute Gasteiger partial charge is 0.350 e. The fraction of sp³-hybridized carbons (Fsp3) is 0.400. The summed E-state index contributed by atoms with van der Waals surface area (Å²) in [4.78, 5) is 27.3. The summed E-state index contributed by atoms with van der Waals surface area (Å²) in [6, 6.07) is 7.55. The second kappa shape index (κ2) is 8.89. The van der Waals surface area contributed by atoms with Gasteiger partial charge in [-0.15, -0.1) is 11.8 Å². The van der Waals surface area contributed by atoms with E-state index in [1.807, 2.05) is 30.7 Å². The van der Waals surface area contributed by atoms with Gasteiger partial charge in [0.25, 0.3) is 0 Å². The zero-order valence-electron chi connectivity index (χ0n) is 15.4. The fourth-order valence-electron chi connectivity index (χ4n) is 3.15. The Labute approximate surface area is 167 Å². The predicted octanol–water partition coefficient (Wildman–Crippen LogP) is 4.19. The summed E-state index contributed by atoms with van der Waals surface area (Å²) in [6.45, 7) is 4.41. The van der Waals surface area contributed by atoms with Crippen LogP contribution in [0.25, 0.3) is 0 Å². The Hall–Kier alpha value is -1.86. The zero-order valence-corrected chi connectivity index (χ0v) is 17.0. The number of nitrogens with zero attached hydrogens (tertiary/aromatic N) is 1. The molecule has 2 aromatic rings. The van der Waals surface area contributed by atoms with E-state index in [0.29, 0.717) is 18.7 Å². The summed E-state index contributed by atoms with van der Waals surface area (Å²) in [5.74, 6) is 0.192. The predicted molar refractivity (Wildman–Crippen MR) is 108 cm³/mol. The minimum absolute atomic E-state index is 0.00113. The van der Waals surface area contributed by atoms with E-state index in [2.05, 4.69) is 5.32 Å². The Morgan fingerprint density at radius 1 is 1.30 bits per heavy atom. The second-order valence-corrected chi connectivity index (χ2v) is 8.86. The van der Waals surface area contributed by atoms with Crippen LogP contribution in [-0.4, -0.2) is 28.5 Å². The fourth-order valence-corrected chi connectivity index (χ4v) is 5.13. The van der Waals surface area contributed by atoms with Crippen LogP contribution in [0.15, 0.2) is 41.1 Å². The normalized spacial score (nSPS) is 18.1. The van der Waals surface area contributed by atoms with Crippen molar-refractivity contribution in [2.24, 2.45) is 5.92 Å². The maximum Gasteiger partial charge on any atom is 0.243 e. The summed E-state index contributed by atoms with van der Waals surface area (Å²) in [6.07, 6.45) is 0.599.